The van der Waals surface area contributed by atoms with Gasteiger partial charge in [0.05, 0.1) is 5.69 Å². The quantitative estimate of drug-likeness (QED) is 0.230. The van der Waals surface area contributed by atoms with Crippen molar-refractivity contribution in [3.05, 3.63) is 158 Å². The number of fused-ring (bicyclic) bond motifs is 1. The van der Waals surface area contributed by atoms with Crippen LogP contribution < -0.4 is 0 Å². The Hall–Kier alpha value is -5.34. The molecule has 1 aromatic heterocycles. The molecule has 0 spiro atoms. The van der Waals surface area contributed by atoms with Crippen LogP contribution in [-0.2, 0) is 0 Å². The summed E-state index contributed by atoms with van der Waals surface area (Å²) in [7, 11) is 0. The van der Waals surface area contributed by atoms with E-state index in [0.717, 1.165) is 27.9 Å². The van der Waals surface area contributed by atoms with E-state index < -0.39 is 0 Å². The van der Waals surface area contributed by atoms with Gasteiger partial charge in [-0.3, -0.25) is 0 Å². The summed E-state index contributed by atoms with van der Waals surface area (Å²) in [6.07, 6.45) is 1.85. The summed E-state index contributed by atoms with van der Waals surface area (Å²) in [5.74, 6) is 0.716. The molecule has 0 saturated heterocycles. The van der Waals surface area contributed by atoms with Gasteiger partial charge < -0.3 is 0 Å². The van der Waals surface area contributed by atoms with Crippen molar-refractivity contribution in [1.82, 2.24) is 9.97 Å². The third-order valence-corrected chi connectivity index (χ3v) is 7.34. The second-order valence-corrected chi connectivity index (χ2v) is 9.90. The number of hydrogen-bond donors (Lipinski definition) is 0. The van der Waals surface area contributed by atoms with E-state index in [1.807, 2.05) is 24.4 Å². The predicted octanol–water partition coefficient (Wildman–Crippen LogP) is 9.96. The number of rotatable bonds is 5. The van der Waals surface area contributed by atoms with Gasteiger partial charge in [-0.25, -0.2) is 9.97 Å². The number of aromatic nitrogens is 2. The van der Waals surface area contributed by atoms with Crippen LogP contribution in [0.5, 0.6) is 0 Å². The topological polar surface area (TPSA) is 25.8 Å². The first-order chi connectivity index (χ1) is 19.8. The van der Waals surface area contributed by atoms with E-state index in [2.05, 4.69) is 138 Å². The fourth-order valence-corrected chi connectivity index (χ4v) is 5.30. The van der Waals surface area contributed by atoms with Crippen LogP contribution in [0.25, 0.3) is 66.8 Å². The van der Waals surface area contributed by atoms with E-state index in [4.69, 9.17) is 4.98 Å². The van der Waals surface area contributed by atoms with Crippen LogP contribution in [0.15, 0.2) is 158 Å². The molecule has 7 aromatic rings. The Labute approximate surface area is 234 Å². The van der Waals surface area contributed by atoms with Gasteiger partial charge >= 0.3 is 0 Å². The lowest BCUT2D eigenvalue weighted by Crippen LogP contribution is -1.93. The summed E-state index contributed by atoms with van der Waals surface area (Å²) in [5.41, 5.74) is 10.1. The minimum Gasteiger partial charge on any atom is -0.237 e. The molecule has 7 rings (SSSR count). The highest BCUT2D eigenvalue weighted by molar-refractivity contribution is 5.96. The average Bonchev–Trinajstić information content (AvgIpc) is 3.05. The molecule has 6 aromatic carbocycles. The molecule has 0 aliphatic rings. The summed E-state index contributed by atoms with van der Waals surface area (Å²) in [5, 5.41) is 2.50. The third-order valence-electron chi connectivity index (χ3n) is 7.34. The van der Waals surface area contributed by atoms with Crippen molar-refractivity contribution in [2.75, 3.05) is 0 Å². The molecule has 0 amide bonds. The summed E-state index contributed by atoms with van der Waals surface area (Å²) in [6.45, 7) is 0. The van der Waals surface area contributed by atoms with E-state index in [1.54, 1.807) is 0 Å². The van der Waals surface area contributed by atoms with Crippen molar-refractivity contribution in [3.63, 3.8) is 0 Å². The van der Waals surface area contributed by atoms with E-state index in [0.29, 0.717) is 5.82 Å². The SMILES string of the molecule is c1ccc(-c2cc(-c3ccccc3)cc(-c3ccnc(-c4ccc(-c5cccc6ccccc56)cc4)n3)c2)cc1. The highest BCUT2D eigenvalue weighted by Crippen LogP contribution is 2.33. The van der Waals surface area contributed by atoms with E-state index in [1.165, 1.54) is 33.0 Å². The number of nitrogens with zero attached hydrogens (tertiary/aromatic N) is 2. The van der Waals surface area contributed by atoms with Crippen LogP contribution in [-0.4, -0.2) is 9.97 Å². The van der Waals surface area contributed by atoms with Gasteiger partial charge in [-0.2, -0.15) is 0 Å². The van der Waals surface area contributed by atoms with Crippen molar-refractivity contribution in [1.29, 1.82) is 0 Å². The van der Waals surface area contributed by atoms with Gasteiger partial charge in [-0.15, -0.1) is 0 Å². The molecular formula is C38H26N2. The van der Waals surface area contributed by atoms with Crippen molar-refractivity contribution in [2.45, 2.75) is 0 Å². The normalized spacial score (nSPS) is 11.0. The minimum absolute atomic E-state index is 0.716. The molecule has 2 heteroatoms. The van der Waals surface area contributed by atoms with Gasteiger partial charge in [0.1, 0.15) is 0 Å². The van der Waals surface area contributed by atoms with Crippen molar-refractivity contribution in [2.24, 2.45) is 0 Å². The van der Waals surface area contributed by atoms with Gasteiger partial charge in [-0.05, 0) is 68.4 Å². The second-order valence-electron chi connectivity index (χ2n) is 9.90. The zero-order chi connectivity index (χ0) is 26.7. The smallest absolute Gasteiger partial charge is 0.159 e. The van der Waals surface area contributed by atoms with Gasteiger partial charge in [-0.1, -0.05) is 127 Å². The first-order valence-electron chi connectivity index (χ1n) is 13.5. The zero-order valence-corrected chi connectivity index (χ0v) is 21.9. The lowest BCUT2D eigenvalue weighted by atomic mass is 9.95. The maximum atomic E-state index is 5.02. The summed E-state index contributed by atoms with van der Waals surface area (Å²) in [6, 6.07) is 53.2. The molecule has 0 saturated carbocycles. The Balaban J connectivity index is 1.28. The van der Waals surface area contributed by atoms with E-state index in [-0.39, 0.29) is 0 Å². The largest absolute Gasteiger partial charge is 0.237 e. The number of benzene rings is 6. The van der Waals surface area contributed by atoms with Crippen molar-refractivity contribution < 1.29 is 0 Å². The summed E-state index contributed by atoms with van der Waals surface area (Å²) < 4.78 is 0. The molecule has 0 aliphatic carbocycles. The van der Waals surface area contributed by atoms with Crippen LogP contribution in [0.1, 0.15) is 0 Å². The molecule has 0 N–H and O–H groups in total. The molecule has 1 heterocycles. The maximum absolute atomic E-state index is 5.02. The summed E-state index contributed by atoms with van der Waals surface area (Å²) >= 11 is 0. The Bertz CT molecular complexity index is 1860. The van der Waals surface area contributed by atoms with E-state index >= 15 is 0 Å². The van der Waals surface area contributed by atoms with Crippen LogP contribution in [0.3, 0.4) is 0 Å². The molecular weight excluding hydrogens is 484 g/mol. The van der Waals surface area contributed by atoms with Crippen LogP contribution in [0, 0.1) is 0 Å². The first kappa shape index (κ1) is 23.8. The van der Waals surface area contributed by atoms with Crippen molar-refractivity contribution in [3.8, 4) is 56.0 Å². The highest BCUT2D eigenvalue weighted by atomic mass is 14.9. The molecule has 0 unspecified atom stereocenters. The van der Waals surface area contributed by atoms with Crippen LogP contribution in [0.4, 0.5) is 0 Å². The number of hydrogen-bond acceptors (Lipinski definition) is 2. The van der Waals surface area contributed by atoms with Gasteiger partial charge in [0.25, 0.3) is 0 Å². The fraction of sp³-hybridized carbons (Fsp3) is 0. The molecule has 2 nitrogen and oxygen atoms in total. The second kappa shape index (κ2) is 10.4. The molecule has 0 atom stereocenters. The molecule has 188 valence electrons. The highest BCUT2D eigenvalue weighted by Gasteiger charge is 2.11. The standard InChI is InChI=1S/C38H26N2/c1-3-10-27(11-4-1)32-24-33(28-12-5-2-6-13-28)26-34(25-32)37-22-23-39-38(40-37)31-20-18-30(19-21-31)36-17-9-15-29-14-7-8-16-35(29)36/h1-26H. The van der Waals surface area contributed by atoms with Crippen LogP contribution >= 0.6 is 0 Å². The summed E-state index contributed by atoms with van der Waals surface area (Å²) in [4.78, 5) is 9.66. The van der Waals surface area contributed by atoms with E-state index in [9.17, 15) is 0 Å². The molecule has 0 fully saturated rings. The minimum atomic E-state index is 0.716. The monoisotopic (exact) mass is 510 g/mol. The Kier molecular flexibility index (Phi) is 6.20. The maximum Gasteiger partial charge on any atom is 0.159 e. The van der Waals surface area contributed by atoms with Crippen molar-refractivity contribution >= 4 is 10.8 Å². The third kappa shape index (κ3) is 4.68. The average molecular weight is 511 g/mol. The Morgan fingerprint density at radius 3 is 1.65 bits per heavy atom. The molecule has 0 bridgehead atoms. The van der Waals surface area contributed by atoms with Gasteiger partial charge in [0, 0.05) is 17.3 Å². The Morgan fingerprint density at radius 2 is 0.950 bits per heavy atom. The lowest BCUT2D eigenvalue weighted by Gasteiger charge is -2.12. The lowest BCUT2D eigenvalue weighted by molar-refractivity contribution is 1.18. The van der Waals surface area contributed by atoms with Crippen LogP contribution in [0.2, 0.25) is 0 Å². The fourth-order valence-electron chi connectivity index (χ4n) is 5.30. The Morgan fingerprint density at radius 1 is 0.375 bits per heavy atom. The molecule has 0 radical (unpaired) electrons. The van der Waals surface area contributed by atoms with Gasteiger partial charge in [0.2, 0.25) is 0 Å². The van der Waals surface area contributed by atoms with Gasteiger partial charge in [0.15, 0.2) is 5.82 Å². The molecule has 0 aliphatic heterocycles. The predicted molar refractivity (Wildman–Crippen MR) is 167 cm³/mol. The first-order valence-corrected chi connectivity index (χ1v) is 13.5. The molecule has 40 heavy (non-hydrogen) atoms. The zero-order valence-electron chi connectivity index (χ0n) is 21.9.